The maximum absolute atomic E-state index is 6.00. The molecule has 0 aliphatic carbocycles. The zero-order valence-electron chi connectivity index (χ0n) is 11.0. The minimum Gasteiger partial charge on any atom is -0.457 e. The van der Waals surface area contributed by atoms with Crippen molar-refractivity contribution in [1.82, 2.24) is 0 Å². The molecule has 0 aromatic heterocycles. The SMILES string of the molecule is Cc1cc(Oc2cc(Cl)ccc2C(N)=S)cc(C)c1Br. The van der Waals surface area contributed by atoms with E-state index >= 15 is 0 Å². The molecule has 20 heavy (non-hydrogen) atoms. The van der Waals surface area contributed by atoms with E-state index in [1.54, 1.807) is 18.2 Å². The summed E-state index contributed by atoms with van der Waals surface area (Å²) in [5, 5.41) is 0.575. The van der Waals surface area contributed by atoms with Crippen LogP contribution in [0.25, 0.3) is 0 Å². The van der Waals surface area contributed by atoms with E-state index in [0.29, 0.717) is 16.3 Å². The van der Waals surface area contributed by atoms with Gasteiger partial charge in [0.2, 0.25) is 0 Å². The standard InChI is InChI=1S/C15H13BrClNOS/c1-8-5-11(6-9(2)14(8)16)19-13-7-10(17)3-4-12(13)15(18)20/h3-7H,1-2H3,(H2,18,20). The van der Waals surface area contributed by atoms with Gasteiger partial charge >= 0.3 is 0 Å². The molecule has 2 aromatic rings. The second-order valence-corrected chi connectivity index (χ2v) is 6.15. The van der Waals surface area contributed by atoms with E-state index in [1.165, 1.54) is 0 Å². The summed E-state index contributed by atoms with van der Waals surface area (Å²) in [7, 11) is 0. The molecule has 0 aliphatic heterocycles. The van der Waals surface area contributed by atoms with Crippen molar-refractivity contribution in [3.8, 4) is 11.5 Å². The van der Waals surface area contributed by atoms with Crippen molar-refractivity contribution in [2.24, 2.45) is 5.73 Å². The Morgan fingerprint density at radius 1 is 1.20 bits per heavy atom. The Hall–Kier alpha value is -1.10. The van der Waals surface area contributed by atoms with Gasteiger partial charge in [-0.1, -0.05) is 39.7 Å². The molecular weight excluding hydrogens is 358 g/mol. The Bertz CT molecular complexity index is 665. The highest BCUT2D eigenvalue weighted by Gasteiger charge is 2.10. The Balaban J connectivity index is 2.44. The van der Waals surface area contributed by atoms with E-state index in [-0.39, 0.29) is 4.99 Å². The number of rotatable bonds is 3. The second kappa shape index (κ2) is 6.12. The molecule has 5 heteroatoms. The van der Waals surface area contributed by atoms with Crippen LogP contribution in [0.2, 0.25) is 5.02 Å². The molecule has 104 valence electrons. The fourth-order valence-corrected chi connectivity index (χ4v) is 2.44. The molecule has 0 atom stereocenters. The number of halogens is 2. The Labute approximate surface area is 137 Å². The summed E-state index contributed by atoms with van der Waals surface area (Å²) in [5.74, 6) is 1.29. The van der Waals surface area contributed by atoms with Gasteiger partial charge in [0.25, 0.3) is 0 Å². The maximum Gasteiger partial charge on any atom is 0.139 e. The van der Waals surface area contributed by atoms with Gasteiger partial charge in [0, 0.05) is 15.6 Å². The van der Waals surface area contributed by atoms with Crippen molar-refractivity contribution >= 4 is 44.7 Å². The number of hydrogen-bond donors (Lipinski definition) is 1. The third-order valence-corrected chi connectivity index (χ3v) is 4.55. The van der Waals surface area contributed by atoms with Gasteiger partial charge in [0.15, 0.2) is 0 Å². The predicted molar refractivity (Wildman–Crippen MR) is 91.0 cm³/mol. The average Bonchev–Trinajstić information content (AvgIpc) is 2.35. The quantitative estimate of drug-likeness (QED) is 0.759. The van der Waals surface area contributed by atoms with Crippen LogP contribution in [0.5, 0.6) is 11.5 Å². The van der Waals surface area contributed by atoms with Crippen LogP contribution in [-0.2, 0) is 0 Å². The molecule has 0 aliphatic rings. The van der Waals surface area contributed by atoms with Crippen molar-refractivity contribution in [1.29, 1.82) is 0 Å². The predicted octanol–water partition coefficient (Wildman–Crippen LogP) is 5.15. The zero-order chi connectivity index (χ0) is 14.9. The highest BCUT2D eigenvalue weighted by molar-refractivity contribution is 9.10. The Morgan fingerprint density at radius 3 is 2.35 bits per heavy atom. The minimum atomic E-state index is 0.280. The van der Waals surface area contributed by atoms with Crippen LogP contribution in [0.4, 0.5) is 0 Å². The summed E-state index contributed by atoms with van der Waals surface area (Å²) < 4.78 is 6.97. The monoisotopic (exact) mass is 369 g/mol. The van der Waals surface area contributed by atoms with E-state index in [4.69, 9.17) is 34.3 Å². The van der Waals surface area contributed by atoms with Crippen molar-refractivity contribution < 1.29 is 4.74 Å². The van der Waals surface area contributed by atoms with E-state index in [0.717, 1.165) is 21.3 Å². The number of aryl methyl sites for hydroxylation is 2. The molecule has 0 saturated carbocycles. The number of ether oxygens (including phenoxy) is 1. The smallest absolute Gasteiger partial charge is 0.139 e. The van der Waals surface area contributed by atoms with Crippen LogP contribution >= 0.6 is 39.7 Å². The highest BCUT2D eigenvalue weighted by atomic mass is 79.9. The molecule has 2 N–H and O–H groups in total. The largest absolute Gasteiger partial charge is 0.457 e. The van der Waals surface area contributed by atoms with Crippen molar-refractivity contribution in [2.75, 3.05) is 0 Å². The number of thiocarbonyl (C=S) groups is 1. The molecule has 0 amide bonds. The third-order valence-electron chi connectivity index (χ3n) is 2.85. The fraction of sp³-hybridized carbons (Fsp3) is 0.133. The lowest BCUT2D eigenvalue weighted by Crippen LogP contribution is -2.10. The van der Waals surface area contributed by atoms with Crippen molar-refractivity contribution in [3.63, 3.8) is 0 Å². The molecule has 0 fully saturated rings. The van der Waals surface area contributed by atoms with Gasteiger partial charge < -0.3 is 10.5 Å². The van der Waals surface area contributed by atoms with Gasteiger partial charge in [0.1, 0.15) is 16.5 Å². The lowest BCUT2D eigenvalue weighted by molar-refractivity contribution is 0.481. The van der Waals surface area contributed by atoms with Gasteiger partial charge in [-0.3, -0.25) is 0 Å². The van der Waals surface area contributed by atoms with Crippen molar-refractivity contribution in [3.05, 3.63) is 56.5 Å². The highest BCUT2D eigenvalue weighted by Crippen LogP contribution is 2.32. The molecule has 2 aromatic carbocycles. The van der Waals surface area contributed by atoms with Crippen LogP contribution in [0, 0.1) is 13.8 Å². The summed E-state index contributed by atoms with van der Waals surface area (Å²) in [5.41, 5.74) is 8.56. The first kappa shape index (κ1) is 15.3. The first-order valence-electron chi connectivity index (χ1n) is 5.92. The maximum atomic E-state index is 6.00. The van der Waals surface area contributed by atoms with E-state index in [1.807, 2.05) is 26.0 Å². The van der Waals surface area contributed by atoms with Gasteiger partial charge in [-0.2, -0.15) is 0 Å². The van der Waals surface area contributed by atoms with Crippen LogP contribution < -0.4 is 10.5 Å². The van der Waals surface area contributed by atoms with Crippen LogP contribution in [0.3, 0.4) is 0 Å². The first-order valence-corrected chi connectivity index (χ1v) is 7.50. The molecule has 0 saturated heterocycles. The van der Waals surface area contributed by atoms with Gasteiger partial charge in [-0.05, 0) is 49.2 Å². The molecular formula is C15H13BrClNOS. The summed E-state index contributed by atoms with van der Waals surface area (Å²) in [6.45, 7) is 4.02. The summed E-state index contributed by atoms with van der Waals surface area (Å²) >= 11 is 14.6. The van der Waals surface area contributed by atoms with Gasteiger partial charge in [0.05, 0.1) is 5.56 Å². The fourth-order valence-electron chi connectivity index (χ4n) is 1.88. The van der Waals surface area contributed by atoms with Crippen molar-refractivity contribution in [2.45, 2.75) is 13.8 Å². The van der Waals surface area contributed by atoms with E-state index in [2.05, 4.69) is 15.9 Å². The average molecular weight is 371 g/mol. The molecule has 2 nitrogen and oxygen atoms in total. The molecule has 0 unspecified atom stereocenters. The summed E-state index contributed by atoms with van der Waals surface area (Å²) in [6, 6.07) is 9.10. The lowest BCUT2D eigenvalue weighted by Gasteiger charge is -2.13. The summed E-state index contributed by atoms with van der Waals surface area (Å²) in [4.78, 5) is 0.280. The molecule has 0 spiro atoms. The number of benzene rings is 2. The molecule has 0 radical (unpaired) electrons. The topological polar surface area (TPSA) is 35.2 Å². The third kappa shape index (κ3) is 3.32. The van der Waals surface area contributed by atoms with Gasteiger partial charge in [-0.25, -0.2) is 0 Å². The normalized spacial score (nSPS) is 10.4. The lowest BCUT2D eigenvalue weighted by atomic mass is 10.1. The zero-order valence-corrected chi connectivity index (χ0v) is 14.2. The minimum absolute atomic E-state index is 0.280. The number of hydrogen-bond acceptors (Lipinski definition) is 2. The van der Waals surface area contributed by atoms with Crippen LogP contribution in [0.15, 0.2) is 34.8 Å². The van der Waals surface area contributed by atoms with E-state index in [9.17, 15) is 0 Å². The van der Waals surface area contributed by atoms with E-state index < -0.39 is 0 Å². The first-order chi connectivity index (χ1) is 9.38. The Morgan fingerprint density at radius 2 is 1.80 bits per heavy atom. The number of nitrogens with two attached hydrogens (primary N) is 1. The van der Waals surface area contributed by atoms with Crippen LogP contribution in [-0.4, -0.2) is 4.99 Å². The Kier molecular flexibility index (Phi) is 4.68. The van der Waals surface area contributed by atoms with Crippen LogP contribution in [0.1, 0.15) is 16.7 Å². The second-order valence-electron chi connectivity index (χ2n) is 4.48. The summed E-state index contributed by atoms with van der Waals surface area (Å²) in [6.07, 6.45) is 0. The van der Waals surface area contributed by atoms with Gasteiger partial charge in [-0.15, -0.1) is 0 Å². The molecule has 0 bridgehead atoms. The molecule has 0 heterocycles. The molecule has 2 rings (SSSR count).